The van der Waals surface area contributed by atoms with Crippen LogP contribution in [-0.2, 0) is 0 Å². The molecule has 1 fully saturated rings. The van der Waals surface area contributed by atoms with Gasteiger partial charge in [0, 0.05) is 5.33 Å². The first-order valence-corrected chi connectivity index (χ1v) is 3.67. The summed E-state index contributed by atoms with van der Waals surface area (Å²) in [5.41, 5.74) is 0. The van der Waals surface area contributed by atoms with E-state index in [0.717, 1.165) is 18.2 Å². The maximum absolute atomic E-state index is 12.2. The fraction of sp³-hybridized carbons (Fsp3) is 1.00. The van der Waals surface area contributed by atoms with Crippen LogP contribution in [0.3, 0.4) is 0 Å². The van der Waals surface area contributed by atoms with E-state index in [0.29, 0.717) is 5.92 Å². The molecule has 2 atom stereocenters. The Morgan fingerprint density at radius 2 is 2.29 bits per heavy atom. The second-order valence-corrected chi connectivity index (χ2v) is 2.66. The minimum Gasteiger partial charge on any atom is -0.247 e. The Morgan fingerprint density at radius 3 is 2.29 bits per heavy atom. The van der Waals surface area contributed by atoms with Crippen molar-refractivity contribution in [2.75, 3.05) is 5.33 Å². The largest absolute Gasteiger partial charge is 0.247 e. The lowest BCUT2D eigenvalue weighted by Crippen LogP contribution is -2.28. The molecule has 1 saturated carbocycles. The molecule has 0 unspecified atom stereocenters. The fourth-order valence-electron chi connectivity index (χ4n) is 0.702. The van der Waals surface area contributed by atoms with Gasteiger partial charge in [-0.2, -0.15) is 0 Å². The standard InChI is InChI=1S/C5H8BrF/c6-3-4-1-2-5(4)7/h4-5H,1-3H2/t4-,5-/m0/s1. The van der Waals surface area contributed by atoms with Crippen molar-refractivity contribution in [2.24, 2.45) is 5.92 Å². The zero-order valence-electron chi connectivity index (χ0n) is 4.03. The second kappa shape index (κ2) is 2.12. The molecule has 0 bridgehead atoms. The monoisotopic (exact) mass is 166 g/mol. The van der Waals surface area contributed by atoms with E-state index in [9.17, 15) is 4.39 Å². The smallest absolute Gasteiger partial charge is 0.104 e. The molecule has 0 aromatic carbocycles. The third-order valence-corrected chi connectivity index (χ3v) is 2.35. The summed E-state index contributed by atoms with van der Waals surface area (Å²) in [5, 5.41) is 0.841. The molecule has 0 heterocycles. The average Bonchev–Trinajstić information content (AvgIpc) is 1.65. The summed E-state index contributed by atoms with van der Waals surface area (Å²) in [7, 11) is 0. The molecule has 42 valence electrons. The Labute approximate surface area is 51.2 Å². The van der Waals surface area contributed by atoms with E-state index in [1.54, 1.807) is 0 Å². The van der Waals surface area contributed by atoms with Crippen LogP contribution in [0, 0.1) is 5.92 Å². The third kappa shape index (κ3) is 0.958. The summed E-state index contributed by atoms with van der Waals surface area (Å²) in [6.07, 6.45) is 1.36. The van der Waals surface area contributed by atoms with Crippen LogP contribution in [0.4, 0.5) is 4.39 Å². The molecule has 0 aromatic rings. The Bertz CT molecular complexity index is 63.1. The summed E-state index contributed by atoms with van der Waals surface area (Å²) in [6, 6.07) is 0. The van der Waals surface area contributed by atoms with Crippen molar-refractivity contribution < 1.29 is 4.39 Å². The molecule has 0 aliphatic heterocycles. The molecule has 0 radical (unpaired) electrons. The van der Waals surface area contributed by atoms with Crippen molar-refractivity contribution in [1.82, 2.24) is 0 Å². The van der Waals surface area contributed by atoms with Crippen molar-refractivity contribution in [1.29, 1.82) is 0 Å². The first-order chi connectivity index (χ1) is 3.34. The van der Waals surface area contributed by atoms with Gasteiger partial charge in [0.15, 0.2) is 0 Å². The van der Waals surface area contributed by atoms with Gasteiger partial charge in [-0.15, -0.1) is 0 Å². The van der Waals surface area contributed by atoms with E-state index in [1.165, 1.54) is 0 Å². The SMILES string of the molecule is F[C@H]1CC[C@H]1CBr. The number of halogens is 2. The average molecular weight is 167 g/mol. The molecule has 1 rings (SSSR count). The van der Waals surface area contributed by atoms with E-state index < -0.39 is 6.17 Å². The van der Waals surface area contributed by atoms with E-state index in [1.807, 2.05) is 0 Å². The van der Waals surface area contributed by atoms with E-state index >= 15 is 0 Å². The Balaban J connectivity index is 2.16. The summed E-state index contributed by atoms with van der Waals surface area (Å²) in [5.74, 6) is 0.333. The van der Waals surface area contributed by atoms with Crippen molar-refractivity contribution in [3.05, 3.63) is 0 Å². The quantitative estimate of drug-likeness (QED) is 0.524. The fourth-order valence-corrected chi connectivity index (χ4v) is 1.43. The number of alkyl halides is 2. The van der Waals surface area contributed by atoms with Gasteiger partial charge in [0.1, 0.15) is 6.17 Å². The molecule has 0 aromatic heterocycles. The highest BCUT2D eigenvalue weighted by atomic mass is 79.9. The first kappa shape index (κ1) is 5.54. The van der Waals surface area contributed by atoms with Crippen molar-refractivity contribution >= 4 is 15.9 Å². The van der Waals surface area contributed by atoms with Gasteiger partial charge >= 0.3 is 0 Å². The predicted octanol–water partition coefficient (Wildman–Crippen LogP) is 2.13. The molecular formula is C5H8BrF. The molecule has 7 heavy (non-hydrogen) atoms. The van der Waals surface area contributed by atoms with Crippen LogP contribution in [0.15, 0.2) is 0 Å². The van der Waals surface area contributed by atoms with Gasteiger partial charge in [0.05, 0.1) is 0 Å². The number of hydrogen-bond acceptors (Lipinski definition) is 0. The van der Waals surface area contributed by atoms with E-state index in [4.69, 9.17) is 0 Å². The molecule has 0 N–H and O–H groups in total. The van der Waals surface area contributed by atoms with Crippen molar-refractivity contribution in [2.45, 2.75) is 19.0 Å². The van der Waals surface area contributed by atoms with Crippen LogP contribution in [0.5, 0.6) is 0 Å². The molecular weight excluding hydrogens is 159 g/mol. The van der Waals surface area contributed by atoms with Gasteiger partial charge < -0.3 is 0 Å². The number of hydrogen-bond donors (Lipinski definition) is 0. The molecule has 0 nitrogen and oxygen atoms in total. The normalized spacial score (nSPS) is 40.3. The van der Waals surface area contributed by atoms with E-state index in [2.05, 4.69) is 15.9 Å². The lowest BCUT2D eigenvalue weighted by atomic mass is 9.85. The highest BCUT2D eigenvalue weighted by Gasteiger charge is 2.28. The maximum atomic E-state index is 12.2. The van der Waals surface area contributed by atoms with Gasteiger partial charge in [0.25, 0.3) is 0 Å². The van der Waals surface area contributed by atoms with Crippen molar-refractivity contribution in [3.8, 4) is 0 Å². The third-order valence-electron chi connectivity index (χ3n) is 1.52. The highest BCUT2D eigenvalue weighted by molar-refractivity contribution is 9.09. The van der Waals surface area contributed by atoms with Gasteiger partial charge in [-0.3, -0.25) is 0 Å². The molecule has 0 spiro atoms. The molecule has 0 saturated heterocycles. The van der Waals surface area contributed by atoms with Crippen LogP contribution >= 0.6 is 15.9 Å². The van der Waals surface area contributed by atoms with Gasteiger partial charge in [-0.1, -0.05) is 15.9 Å². The molecule has 2 heteroatoms. The predicted molar refractivity (Wildman–Crippen MR) is 31.4 cm³/mol. The van der Waals surface area contributed by atoms with Crippen LogP contribution in [0.25, 0.3) is 0 Å². The minimum absolute atomic E-state index is 0.333. The summed E-state index contributed by atoms with van der Waals surface area (Å²) in [6.45, 7) is 0. The minimum atomic E-state index is -0.501. The Hall–Kier alpha value is 0.410. The highest BCUT2D eigenvalue weighted by Crippen LogP contribution is 2.31. The zero-order valence-corrected chi connectivity index (χ0v) is 5.62. The van der Waals surface area contributed by atoms with Crippen LogP contribution in [0.2, 0.25) is 0 Å². The Kier molecular flexibility index (Phi) is 1.68. The van der Waals surface area contributed by atoms with E-state index in [-0.39, 0.29) is 0 Å². The maximum Gasteiger partial charge on any atom is 0.104 e. The Morgan fingerprint density at radius 1 is 1.57 bits per heavy atom. The van der Waals surface area contributed by atoms with Gasteiger partial charge in [0.2, 0.25) is 0 Å². The lowest BCUT2D eigenvalue weighted by molar-refractivity contribution is 0.132. The van der Waals surface area contributed by atoms with Crippen LogP contribution in [0.1, 0.15) is 12.8 Å². The molecule has 0 amide bonds. The van der Waals surface area contributed by atoms with Gasteiger partial charge in [-0.05, 0) is 18.8 Å². The first-order valence-electron chi connectivity index (χ1n) is 2.54. The summed E-state index contributed by atoms with van der Waals surface area (Å²) >= 11 is 3.23. The number of rotatable bonds is 1. The van der Waals surface area contributed by atoms with Gasteiger partial charge in [-0.25, -0.2) is 4.39 Å². The second-order valence-electron chi connectivity index (χ2n) is 2.01. The van der Waals surface area contributed by atoms with Crippen molar-refractivity contribution in [3.63, 3.8) is 0 Å². The topological polar surface area (TPSA) is 0 Å². The zero-order chi connectivity index (χ0) is 5.28. The summed E-state index contributed by atoms with van der Waals surface area (Å²) < 4.78 is 12.2. The van der Waals surface area contributed by atoms with Crippen LogP contribution in [-0.4, -0.2) is 11.5 Å². The molecule has 1 aliphatic rings. The lowest BCUT2D eigenvalue weighted by Gasteiger charge is -2.27. The molecule has 1 aliphatic carbocycles. The van der Waals surface area contributed by atoms with Crippen LogP contribution < -0.4 is 0 Å². The summed E-state index contributed by atoms with van der Waals surface area (Å²) in [4.78, 5) is 0.